The van der Waals surface area contributed by atoms with E-state index in [0.717, 1.165) is 31.7 Å². The number of benzene rings is 2. The topological polar surface area (TPSA) is 29.1 Å². The molecular weight excluding hydrogens is 282 g/mol. The SMILES string of the molecule is C[C](C(=O)NCCCc1ccccc1)C(C)Cc1ccccc1. The molecule has 23 heavy (non-hydrogen) atoms. The first-order chi connectivity index (χ1) is 11.2. The lowest BCUT2D eigenvalue weighted by atomic mass is 9.89. The molecule has 1 amide bonds. The fraction of sp³-hybridized carbons (Fsp3) is 0.333. The average molecular weight is 308 g/mol. The predicted octanol–water partition coefficient (Wildman–Crippen LogP) is 4.21. The van der Waals surface area contributed by atoms with E-state index in [4.69, 9.17) is 0 Å². The number of carbonyl (C=O) groups excluding carboxylic acids is 1. The molecule has 0 aliphatic rings. The molecule has 0 fully saturated rings. The molecule has 1 N–H and O–H groups in total. The average Bonchev–Trinajstić information content (AvgIpc) is 2.59. The molecule has 0 bridgehead atoms. The molecule has 0 aromatic heterocycles. The number of hydrogen-bond donors (Lipinski definition) is 1. The highest BCUT2D eigenvalue weighted by atomic mass is 16.1. The molecule has 121 valence electrons. The number of hydrogen-bond acceptors (Lipinski definition) is 1. The van der Waals surface area contributed by atoms with Gasteiger partial charge in [-0.15, -0.1) is 0 Å². The minimum Gasteiger partial charge on any atom is -0.356 e. The summed E-state index contributed by atoms with van der Waals surface area (Å²) in [5.74, 6) is 1.25. The Balaban J connectivity index is 1.70. The van der Waals surface area contributed by atoms with Crippen molar-refractivity contribution in [3.8, 4) is 0 Å². The second kappa shape index (κ2) is 9.14. The van der Waals surface area contributed by atoms with Crippen LogP contribution in [0.15, 0.2) is 60.7 Å². The highest BCUT2D eigenvalue weighted by molar-refractivity contribution is 5.89. The molecule has 0 aliphatic heterocycles. The van der Waals surface area contributed by atoms with Crippen molar-refractivity contribution >= 4 is 5.91 Å². The van der Waals surface area contributed by atoms with Gasteiger partial charge in [0, 0.05) is 6.54 Å². The zero-order chi connectivity index (χ0) is 16.5. The van der Waals surface area contributed by atoms with Crippen LogP contribution in [0.4, 0.5) is 0 Å². The summed E-state index contributed by atoms with van der Waals surface area (Å²) in [7, 11) is 0. The maximum atomic E-state index is 12.2. The summed E-state index contributed by atoms with van der Waals surface area (Å²) in [6.07, 6.45) is 2.87. The van der Waals surface area contributed by atoms with Gasteiger partial charge in [0.15, 0.2) is 0 Å². The van der Waals surface area contributed by atoms with Gasteiger partial charge in [0.05, 0.1) is 5.92 Å². The van der Waals surface area contributed by atoms with Crippen LogP contribution in [0.3, 0.4) is 0 Å². The zero-order valence-corrected chi connectivity index (χ0v) is 14.1. The minimum atomic E-state index is 0.0847. The van der Waals surface area contributed by atoms with Crippen molar-refractivity contribution in [2.24, 2.45) is 5.92 Å². The smallest absolute Gasteiger partial charge is 0.227 e. The van der Waals surface area contributed by atoms with Crippen molar-refractivity contribution in [3.63, 3.8) is 0 Å². The summed E-state index contributed by atoms with van der Waals surface area (Å²) in [6, 6.07) is 20.7. The first-order valence-corrected chi connectivity index (χ1v) is 8.36. The molecule has 0 spiro atoms. The van der Waals surface area contributed by atoms with Gasteiger partial charge in [-0.05, 0) is 43.2 Å². The molecule has 1 unspecified atom stereocenters. The van der Waals surface area contributed by atoms with Gasteiger partial charge in [0.2, 0.25) is 5.91 Å². The number of nitrogens with one attached hydrogen (secondary N) is 1. The first kappa shape index (κ1) is 17.3. The Bertz CT molecular complexity index is 579. The lowest BCUT2D eigenvalue weighted by Crippen LogP contribution is -2.32. The van der Waals surface area contributed by atoms with E-state index in [2.05, 4.69) is 48.6 Å². The molecule has 2 heteroatoms. The van der Waals surface area contributed by atoms with Crippen molar-refractivity contribution in [1.82, 2.24) is 5.32 Å². The highest BCUT2D eigenvalue weighted by Crippen LogP contribution is 2.19. The highest BCUT2D eigenvalue weighted by Gasteiger charge is 2.20. The first-order valence-electron chi connectivity index (χ1n) is 8.36. The van der Waals surface area contributed by atoms with E-state index in [0.29, 0.717) is 0 Å². The van der Waals surface area contributed by atoms with Crippen LogP contribution in [0.25, 0.3) is 0 Å². The van der Waals surface area contributed by atoms with Crippen molar-refractivity contribution in [3.05, 3.63) is 77.7 Å². The second-order valence-corrected chi connectivity index (χ2v) is 6.12. The molecule has 2 nitrogen and oxygen atoms in total. The van der Waals surface area contributed by atoms with Crippen molar-refractivity contribution < 1.29 is 4.79 Å². The number of amides is 1. The third kappa shape index (κ3) is 5.90. The van der Waals surface area contributed by atoms with Gasteiger partial charge >= 0.3 is 0 Å². The van der Waals surface area contributed by atoms with E-state index in [9.17, 15) is 4.79 Å². The normalized spacial score (nSPS) is 12.1. The lowest BCUT2D eigenvalue weighted by molar-refractivity contribution is -0.119. The van der Waals surface area contributed by atoms with Gasteiger partial charge in [-0.1, -0.05) is 67.6 Å². The molecule has 0 saturated carbocycles. The monoisotopic (exact) mass is 308 g/mol. The van der Waals surface area contributed by atoms with Crippen LogP contribution >= 0.6 is 0 Å². The molecule has 0 saturated heterocycles. The Morgan fingerprint density at radius 3 is 2.13 bits per heavy atom. The van der Waals surface area contributed by atoms with Gasteiger partial charge in [-0.2, -0.15) is 0 Å². The Hall–Kier alpha value is -2.09. The Labute approximate surface area is 139 Å². The van der Waals surface area contributed by atoms with Crippen LogP contribution in [0.5, 0.6) is 0 Å². The van der Waals surface area contributed by atoms with Gasteiger partial charge in [0.25, 0.3) is 0 Å². The molecule has 0 heterocycles. The van der Waals surface area contributed by atoms with Crippen LogP contribution in [0, 0.1) is 11.8 Å². The van der Waals surface area contributed by atoms with E-state index in [1.54, 1.807) is 0 Å². The number of rotatable bonds is 8. The van der Waals surface area contributed by atoms with Gasteiger partial charge in [-0.25, -0.2) is 0 Å². The zero-order valence-electron chi connectivity index (χ0n) is 14.1. The summed E-state index contributed by atoms with van der Waals surface area (Å²) < 4.78 is 0. The maximum Gasteiger partial charge on any atom is 0.227 e. The molecule has 0 aliphatic carbocycles. The summed E-state index contributed by atoms with van der Waals surface area (Å²) in [6.45, 7) is 4.79. The van der Waals surface area contributed by atoms with Crippen LogP contribution < -0.4 is 5.32 Å². The Kier molecular flexibility index (Phi) is 6.86. The minimum absolute atomic E-state index is 0.0847. The number of aryl methyl sites for hydroxylation is 1. The van der Waals surface area contributed by atoms with Crippen LogP contribution in [-0.4, -0.2) is 12.5 Å². The summed E-state index contributed by atoms with van der Waals surface area (Å²) >= 11 is 0. The van der Waals surface area contributed by atoms with E-state index < -0.39 is 0 Å². The third-order valence-corrected chi connectivity index (χ3v) is 4.25. The Morgan fingerprint density at radius 2 is 1.52 bits per heavy atom. The quantitative estimate of drug-likeness (QED) is 0.727. The maximum absolute atomic E-state index is 12.2. The largest absolute Gasteiger partial charge is 0.356 e. The molecular formula is C21H26NO. The van der Waals surface area contributed by atoms with Crippen molar-refractivity contribution in [1.29, 1.82) is 0 Å². The summed E-state index contributed by atoms with van der Waals surface area (Å²) in [4.78, 5) is 12.2. The summed E-state index contributed by atoms with van der Waals surface area (Å²) in [5.41, 5.74) is 2.59. The fourth-order valence-electron chi connectivity index (χ4n) is 2.62. The molecule has 2 aromatic rings. The molecule has 1 radical (unpaired) electrons. The van der Waals surface area contributed by atoms with E-state index in [1.165, 1.54) is 11.1 Å². The molecule has 2 aromatic carbocycles. The van der Waals surface area contributed by atoms with E-state index in [-0.39, 0.29) is 11.8 Å². The van der Waals surface area contributed by atoms with Gasteiger partial charge in [0.1, 0.15) is 0 Å². The lowest BCUT2D eigenvalue weighted by Gasteiger charge is -2.19. The van der Waals surface area contributed by atoms with Crippen LogP contribution in [0.2, 0.25) is 0 Å². The summed E-state index contributed by atoms with van der Waals surface area (Å²) in [5, 5.41) is 3.04. The van der Waals surface area contributed by atoms with Gasteiger partial charge < -0.3 is 5.32 Å². The molecule has 2 rings (SSSR count). The second-order valence-electron chi connectivity index (χ2n) is 6.12. The number of carbonyl (C=O) groups is 1. The fourth-order valence-corrected chi connectivity index (χ4v) is 2.62. The molecule has 1 atom stereocenters. The standard InChI is InChI=1S/C21H26NO/c1-17(16-20-12-7-4-8-13-20)18(2)21(23)22-15-9-14-19-10-5-3-6-11-19/h3-8,10-13,17H,9,14-16H2,1-2H3,(H,22,23). The predicted molar refractivity (Wildman–Crippen MR) is 96.0 cm³/mol. The van der Waals surface area contributed by atoms with Crippen molar-refractivity contribution in [2.45, 2.75) is 33.1 Å². The van der Waals surface area contributed by atoms with Gasteiger partial charge in [-0.3, -0.25) is 4.79 Å². The van der Waals surface area contributed by atoms with Crippen molar-refractivity contribution in [2.75, 3.05) is 6.54 Å². The van der Waals surface area contributed by atoms with E-state index in [1.807, 2.05) is 31.2 Å². The van der Waals surface area contributed by atoms with Crippen LogP contribution in [-0.2, 0) is 17.6 Å². The third-order valence-electron chi connectivity index (χ3n) is 4.25. The van der Waals surface area contributed by atoms with E-state index >= 15 is 0 Å². The Morgan fingerprint density at radius 1 is 0.957 bits per heavy atom. The van der Waals surface area contributed by atoms with Crippen LogP contribution in [0.1, 0.15) is 31.4 Å².